The lowest BCUT2D eigenvalue weighted by Crippen LogP contribution is -2.55. The Labute approximate surface area is 146 Å². The van der Waals surface area contributed by atoms with E-state index in [0.717, 1.165) is 13.8 Å². The van der Waals surface area contributed by atoms with E-state index in [0.29, 0.717) is 0 Å². The molecule has 0 amide bonds. The molecule has 0 aliphatic heterocycles. The van der Waals surface area contributed by atoms with E-state index in [9.17, 15) is 43.9 Å². The fourth-order valence-electron chi connectivity index (χ4n) is 2.71. The van der Waals surface area contributed by atoms with Gasteiger partial charge >= 0.3 is 12.4 Å². The smallest absolute Gasteiger partial charge is 0.207 e. The molecule has 2 aromatic carbocycles. The Morgan fingerprint density at radius 2 is 0.741 bits per heavy atom. The first-order chi connectivity index (χ1) is 12.1. The second-order valence-corrected chi connectivity index (χ2v) is 5.88. The molecule has 0 N–H and O–H groups in total. The van der Waals surface area contributed by atoms with Gasteiger partial charge in [-0.25, -0.2) is 17.6 Å². The number of alkyl halides is 6. The van der Waals surface area contributed by atoms with Crippen molar-refractivity contribution in [1.82, 2.24) is 0 Å². The Morgan fingerprint density at radius 3 is 0.926 bits per heavy atom. The SMILES string of the molecule is Cc1c(F)cc(C(c2cc(F)c(C)c(F)c2)(C(F)(F)F)C(F)(F)F)cc1F. The molecule has 0 nitrogen and oxygen atoms in total. The molecule has 0 saturated heterocycles. The van der Waals surface area contributed by atoms with Crippen LogP contribution in [0.3, 0.4) is 0 Å². The summed E-state index contributed by atoms with van der Waals surface area (Å²) in [6, 6.07) is -0.575. The zero-order valence-corrected chi connectivity index (χ0v) is 13.6. The van der Waals surface area contributed by atoms with Gasteiger partial charge in [-0.05, 0) is 49.2 Å². The predicted molar refractivity (Wildman–Crippen MR) is 75.1 cm³/mol. The molecule has 0 heterocycles. The summed E-state index contributed by atoms with van der Waals surface area (Å²) in [5.74, 6) is -6.68. The Bertz CT molecular complexity index is 757. The molecular weight excluding hydrogens is 394 g/mol. The molecule has 0 aromatic heterocycles. The van der Waals surface area contributed by atoms with E-state index in [1.807, 2.05) is 0 Å². The maximum absolute atomic E-state index is 13.8. The van der Waals surface area contributed by atoms with Gasteiger partial charge in [0, 0.05) is 11.1 Å². The van der Waals surface area contributed by atoms with Crippen molar-refractivity contribution in [2.45, 2.75) is 31.6 Å². The van der Waals surface area contributed by atoms with Crippen LogP contribution in [0.15, 0.2) is 24.3 Å². The summed E-state index contributed by atoms with van der Waals surface area (Å²) in [5.41, 5.74) is -10.4. The van der Waals surface area contributed by atoms with Crippen LogP contribution in [-0.2, 0) is 5.41 Å². The standard InChI is InChI=1S/C17H10F10/c1-7-11(18)3-9(4-12(7)19)15(16(22,23)24,17(25,26)27)10-5-13(20)8(2)14(21)6-10/h3-6H,1-2H3. The van der Waals surface area contributed by atoms with Gasteiger partial charge in [0.05, 0.1) is 0 Å². The third-order valence-corrected chi connectivity index (χ3v) is 4.28. The van der Waals surface area contributed by atoms with Crippen molar-refractivity contribution in [1.29, 1.82) is 0 Å². The minimum absolute atomic E-state index is 0.144. The Morgan fingerprint density at radius 1 is 0.519 bits per heavy atom. The van der Waals surface area contributed by atoms with Gasteiger partial charge in [0.2, 0.25) is 5.41 Å². The first-order valence-electron chi connectivity index (χ1n) is 7.20. The normalized spacial score (nSPS) is 13.2. The molecule has 0 saturated carbocycles. The van der Waals surface area contributed by atoms with Crippen LogP contribution in [-0.4, -0.2) is 12.4 Å². The van der Waals surface area contributed by atoms with E-state index in [2.05, 4.69) is 0 Å². The molecule has 0 radical (unpaired) electrons. The molecule has 0 bridgehead atoms. The van der Waals surface area contributed by atoms with Gasteiger partial charge in [-0.3, -0.25) is 0 Å². The van der Waals surface area contributed by atoms with Gasteiger partial charge < -0.3 is 0 Å². The van der Waals surface area contributed by atoms with Crippen molar-refractivity contribution < 1.29 is 43.9 Å². The van der Waals surface area contributed by atoms with Crippen LogP contribution in [0.25, 0.3) is 0 Å². The van der Waals surface area contributed by atoms with Crippen LogP contribution in [0.2, 0.25) is 0 Å². The summed E-state index contributed by atoms with van der Waals surface area (Å²) in [5, 5.41) is 0. The van der Waals surface area contributed by atoms with Crippen molar-refractivity contribution in [2.75, 3.05) is 0 Å². The van der Waals surface area contributed by atoms with Crippen molar-refractivity contribution >= 4 is 0 Å². The van der Waals surface area contributed by atoms with E-state index >= 15 is 0 Å². The minimum Gasteiger partial charge on any atom is -0.207 e. The number of hydrogen-bond acceptors (Lipinski definition) is 0. The van der Waals surface area contributed by atoms with Gasteiger partial charge in [0.15, 0.2) is 0 Å². The lowest BCUT2D eigenvalue weighted by molar-refractivity contribution is -0.288. The first kappa shape index (κ1) is 21.0. The average molecular weight is 404 g/mol. The van der Waals surface area contributed by atoms with E-state index in [1.54, 1.807) is 0 Å². The highest BCUT2D eigenvalue weighted by atomic mass is 19.4. The summed E-state index contributed by atoms with van der Waals surface area (Å²) >= 11 is 0. The lowest BCUT2D eigenvalue weighted by Gasteiger charge is -2.38. The molecule has 0 aliphatic carbocycles. The lowest BCUT2D eigenvalue weighted by atomic mass is 9.72. The van der Waals surface area contributed by atoms with Gasteiger partial charge in [0.1, 0.15) is 23.3 Å². The third-order valence-electron chi connectivity index (χ3n) is 4.28. The largest absolute Gasteiger partial charge is 0.411 e. The van der Waals surface area contributed by atoms with Gasteiger partial charge in [-0.15, -0.1) is 0 Å². The summed E-state index contributed by atoms with van der Waals surface area (Å²) in [7, 11) is 0. The van der Waals surface area contributed by atoms with Gasteiger partial charge in [-0.2, -0.15) is 26.3 Å². The molecule has 0 atom stereocenters. The van der Waals surface area contributed by atoms with Crippen molar-refractivity contribution in [3.63, 3.8) is 0 Å². The molecule has 0 spiro atoms. The second kappa shape index (κ2) is 6.42. The fraction of sp³-hybridized carbons (Fsp3) is 0.294. The number of benzene rings is 2. The zero-order chi connectivity index (χ0) is 20.9. The van der Waals surface area contributed by atoms with Crippen LogP contribution < -0.4 is 0 Å². The highest BCUT2D eigenvalue weighted by Crippen LogP contribution is 2.56. The Kier molecular flexibility index (Phi) is 5.00. The zero-order valence-electron chi connectivity index (χ0n) is 13.6. The molecule has 2 aromatic rings. The van der Waals surface area contributed by atoms with Crippen molar-refractivity contribution in [3.8, 4) is 0 Å². The topological polar surface area (TPSA) is 0 Å². The van der Waals surface area contributed by atoms with Crippen LogP contribution >= 0.6 is 0 Å². The fourth-order valence-corrected chi connectivity index (χ4v) is 2.71. The van der Waals surface area contributed by atoms with Crippen LogP contribution in [0.4, 0.5) is 43.9 Å². The van der Waals surface area contributed by atoms with Crippen molar-refractivity contribution in [2.24, 2.45) is 0 Å². The van der Waals surface area contributed by atoms with E-state index in [4.69, 9.17) is 0 Å². The maximum Gasteiger partial charge on any atom is 0.411 e. The number of hydrogen-bond donors (Lipinski definition) is 0. The summed E-state index contributed by atoms with van der Waals surface area (Å²) in [6.45, 7) is 1.62. The average Bonchev–Trinajstić information content (AvgIpc) is 2.47. The molecule has 0 aliphatic rings. The predicted octanol–water partition coefficient (Wildman–Crippen LogP) is 6.27. The third kappa shape index (κ3) is 3.14. The first-order valence-corrected chi connectivity index (χ1v) is 7.20. The monoisotopic (exact) mass is 404 g/mol. The van der Waals surface area contributed by atoms with E-state index < -0.39 is 63.3 Å². The second-order valence-electron chi connectivity index (χ2n) is 5.88. The van der Waals surface area contributed by atoms with Crippen LogP contribution in [0.5, 0.6) is 0 Å². The Hall–Kier alpha value is -2.26. The highest BCUT2D eigenvalue weighted by molar-refractivity contribution is 5.46. The summed E-state index contributed by atoms with van der Waals surface area (Å²) < 4.78 is 138. The van der Waals surface area contributed by atoms with Crippen molar-refractivity contribution in [3.05, 3.63) is 69.8 Å². The molecule has 27 heavy (non-hydrogen) atoms. The molecule has 148 valence electrons. The Balaban J connectivity index is 3.06. The van der Waals surface area contributed by atoms with E-state index in [1.165, 1.54) is 0 Å². The van der Waals surface area contributed by atoms with Gasteiger partial charge in [-0.1, -0.05) is 0 Å². The maximum atomic E-state index is 13.8. The molecule has 0 fully saturated rings. The molecule has 10 heteroatoms. The number of rotatable bonds is 2. The summed E-state index contributed by atoms with van der Waals surface area (Å²) in [6.07, 6.45) is -12.5. The van der Waals surface area contributed by atoms with Crippen LogP contribution in [0.1, 0.15) is 22.3 Å². The minimum atomic E-state index is -6.23. The molecule has 0 unspecified atom stereocenters. The quantitative estimate of drug-likeness (QED) is 0.518. The molecular formula is C17H10F10. The van der Waals surface area contributed by atoms with Gasteiger partial charge in [0.25, 0.3) is 0 Å². The van der Waals surface area contributed by atoms with Crippen LogP contribution in [0, 0.1) is 37.1 Å². The number of halogens is 10. The molecule has 2 rings (SSSR count). The summed E-state index contributed by atoms with van der Waals surface area (Å²) in [4.78, 5) is 0. The highest BCUT2D eigenvalue weighted by Gasteiger charge is 2.73. The van der Waals surface area contributed by atoms with E-state index in [-0.39, 0.29) is 24.3 Å².